The molecule has 73 heavy (non-hydrogen) atoms. The molecule has 0 spiro atoms. The molecule has 0 unspecified atom stereocenters. The van der Waals surface area contributed by atoms with E-state index in [0.29, 0.717) is 33.9 Å². The molecule has 5 heterocycles. The molecular formula is C65H33N7Pt. The van der Waals surface area contributed by atoms with E-state index in [1.54, 1.807) is 0 Å². The zero-order chi connectivity index (χ0) is 47.6. The van der Waals surface area contributed by atoms with E-state index in [4.69, 9.17) is 31.5 Å². The maximum atomic E-state index is 10.4. The molecule has 0 saturated heterocycles. The van der Waals surface area contributed by atoms with Crippen LogP contribution in [0, 0.1) is 17.9 Å². The Morgan fingerprint density at radius 1 is 0.425 bits per heavy atom. The summed E-state index contributed by atoms with van der Waals surface area (Å²) in [5, 5.41) is 22.6. The fraction of sp³-hybridized carbons (Fsp3) is 0. The monoisotopic (exact) mass is 1110 g/mol. The average Bonchev–Trinajstić information content (AvgIpc) is 4.16. The average molecular weight is 1110 g/mol. The summed E-state index contributed by atoms with van der Waals surface area (Å²) in [6.07, 6.45) is 0. The van der Waals surface area contributed by atoms with E-state index in [1.807, 2.05) is 42.5 Å². The normalized spacial score (nSPS) is 11.7. The molecule has 8 heteroatoms. The minimum Gasteiger partial charge on any atom is -0.656 e. The number of nitrogens with zero attached hydrogens (tertiary/aromatic N) is 7. The van der Waals surface area contributed by atoms with Gasteiger partial charge in [0.2, 0.25) is 0 Å². The van der Waals surface area contributed by atoms with Crippen molar-refractivity contribution in [2.45, 2.75) is 0 Å². The van der Waals surface area contributed by atoms with Gasteiger partial charge < -0.3 is 15.0 Å². The zero-order valence-corrected chi connectivity index (χ0v) is 40.8. The molecule has 13 aromatic rings. The first kappa shape index (κ1) is 42.4. The predicted molar refractivity (Wildman–Crippen MR) is 292 cm³/mol. The first-order chi connectivity index (χ1) is 35.5. The van der Waals surface area contributed by atoms with Crippen LogP contribution in [-0.4, -0.2) is 15.0 Å². The molecule has 7 nitrogen and oxygen atoms in total. The van der Waals surface area contributed by atoms with Crippen LogP contribution < -0.4 is 9.97 Å². The molecule has 8 bridgehead atoms. The second-order valence-corrected chi connectivity index (χ2v) is 18.6. The molecule has 0 aliphatic carbocycles. The summed E-state index contributed by atoms with van der Waals surface area (Å²) < 4.78 is 0. The van der Waals surface area contributed by atoms with Gasteiger partial charge >= 0.3 is 21.1 Å². The molecule has 0 saturated carbocycles. The van der Waals surface area contributed by atoms with Gasteiger partial charge in [0.05, 0.1) is 41.1 Å². The molecule has 0 radical (unpaired) electrons. The Hall–Kier alpha value is -9.52. The Morgan fingerprint density at radius 2 is 0.904 bits per heavy atom. The first-order valence-corrected chi connectivity index (χ1v) is 23.8. The van der Waals surface area contributed by atoms with Crippen LogP contribution in [0.5, 0.6) is 0 Å². The number of benzene rings is 10. The van der Waals surface area contributed by atoms with Gasteiger partial charge in [-0.1, -0.05) is 127 Å². The molecule has 2 aliphatic rings. The number of aromatic nitrogens is 5. The van der Waals surface area contributed by atoms with Crippen molar-refractivity contribution < 1.29 is 21.1 Å². The Kier molecular flexibility index (Phi) is 9.44. The Balaban J connectivity index is 0.00000493. The summed E-state index contributed by atoms with van der Waals surface area (Å²) in [6.45, 7) is 8.14. The zero-order valence-electron chi connectivity index (χ0n) is 38.5. The molecule has 15 rings (SSSR count). The summed E-state index contributed by atoms with van der Waals surface area (Å²) >= 11 is 0. The minimum atomic E-state index is 0. The molecule has 0 amide bonds. The first-order valence-electron chi connectivity index (χ1n) is 23.8. The molecule has 338 valence electrons. The summed E-state index contributed by atoms with van der Waals surface area (Å²) in [6, 6.07) is 71.3. The van der Waals surface area contributed by atoms with Gasteiger partial charge in [-0.15, -0.1) is 11.0 Å². The van der Waals surface area contributed by atoms with E-state index in [-0.39, 0.29) is 21.1 Å². The van der Waals surface area contributed by atoms with Crippen molar-refractivity contribution in [2.75, 3.05) is 0 Å². The van der Waals surface area contributed by atoms with Crippen molar-refractivity contribution in [3.63, 3.8) is 0 Å². The fourth-order valence-electron chi connectivity index (χ4n) is 11.1. The van der Waals surface area contributed by atoms with Gasteiger partial charge in [0.15, 0.2) is 5.69 Å². The van der Waals surface area contributed by atoms with Gasteiger partial charge in [-0.2, -0.15) is 5.26 Å². The topological polar surface area (TPSA) is 95.0 Å². The van der Waals surface area contributed by atoms with E-state index in [0.717, 1.165) is 132 Å². The number of hydrogen-bond donors (Lipinski definition) is 0. The van der Waals surface area contributed by atoms with Gasteiger partial charge in [0, 0.05) is 27.8 Å². The molecule has 3 aromatic heterocycles. The minimum absolute atomic E-state index is 0. The molecule has 2 aliphatic heterocycles. The molecule has 0 fully saturated rings. The fourth-order valence-corrected chi connectivity index (χ4v) is 11.1. The number of rotatable bonds is 2. The summed E-state index contributed by atoms with van der Waals surface area (Å²) in [5.74, 6) is 0.516. The van der Waals surface area contributed by atoms with E-state index >= 15 is 0 Å². The van der Waals surface area contributed by atoms with Gasteiger partial charge in [-0.05, 0) is 165 Å². The van der Waals surface area contributed by atoms with Gasteiger partial charge in [0.25, 0.3) is 0 Å². The quantitative estimate of drug-likeness (QED) is 0.160. The summed E-state index contributed by atoms with van der Waals surface area (Å²) in [7, 11) is 0. The summed E-state index contributed by atoms with van der Waals surface area (Å²) in [4.78, 5) is 32.1. The van der Waals surface area contributed by atoms with Crippen molar-refractivity contribution in [1.29, 1.82) is 5.26 Å². The molecule has 0 N–H and O–H groups in total. The van der Waals surface area contributed by atoms with E-state index in [1.165, 1.54) is 0 Å². The van der Waals surface area contributed by atoms with Crippen LogP contribution in [0.3, 0.4) is 0 Å². The third kappa shape index (κ3) is 6.57. The molecule has 0 atom stereocenters. The van der Waals surface area contributed by atoms with Gasteiger partial charge in [0.1, 0.15) is 0 Å². The van der Waals surface area contributed by atoms with E-state index < -0.39 is 0 Å². The van der Waals surface area contributed by atoms with E-state index in [2.05, 4.69) is 169 Å². The third-order valence-electron chi connectivity index (χ3n) is 14.5. The van der Waals surface area contributed by atoms with Crippen LogP contribution >= 0.6 is 0 Å². The number of nitriles is 1. The van der Waals surface area contributed by atoms with Crippen molar-refractivity contribution in [1.82, 2.24) is 24.9 Å². The van der Waals surface area contributed by atoms with Gasteiger partial charge in [-0.3, -0.25) is 4.98 Å². The largest absolute Gasteiger partial charge is 2.00 e. The van der Waals surface area contributed by atoms with Crippen LogP contribution in [0.1, 0.15) is 5.56 Å². The maximum absolute atomic E-state index is 10.4. The molecular weight excluding hydrogens is 1070 g/mol. The second kappa shape index (κ2) is 16.3. The SMILES string of the molecule is [C-]#[N+]c1cccc(-c2c3nc(nc4[n-]c(c(-c5cccc(C#N)c5)c5nc(cc6[n-]c2c2cc7ccccc7cc62)-c2cc6ccccc6cc2-5)c2cc5ccccc5cc42)-c2cc4ccccc4cc2-3)c1.[Pt+2]. The predicted octanol–water partition coefficient (Wildman–Crippen LogP) is 16.3. The van der Waals surface area contributed by atoms with Crippen LogP contribution in [0.4, 0.5) is 5.69 Å². The number of hydrogen-bond acceptors (Lipinski definition) is 4. The van der Waals surface area contributed by atoms with Crippen molar-refractivity contribution >= 4 is 92.5 Å². The smallest absolute Gasteiger partial charge is 0.656 e. The Morgan fingerprint density at radius 3 is 1.51 bits per heavy atom. The standard InChI is InChI=1S/C65H33N7.Pt/c1-67-47-23-11-22-46(25-47)59-61-51-29-40-16-5-3-14-38(40)27-49(51)57(69-61)34-56-48-26-37-13-2-4-15-39(37)28-50(48)60(68-56)58(45-21-10-12-36(24-45)35-66)62-52-30-41-17-6-8-19-43(41)32-54(52)64(70-62)72-65-55-33-44-20-9-7-18-42(44)31-53(55)63(59)71-65;/h2-34H;/q-2;+2. The Labute approximate surface area is 431 Å². The molecule has 10 aromatic carbocycles. The van der Waals surface area contributed by atoms with Crippen molar-refractivity contribution in [3.8, 4) is 73.5 Å². The van der Waals surface area contributed by atoms with Gasteiger partial charge in [-0.25, -0.2) is 9.83 Å². The second-order valence-electron chi connectivity index (χ2n) is 18.6. The Bertz CT molecular complexity index is 4550. The van der Waals surface area contributed by atoms with Crippen LogP contribution in [-0.2, 0) is 21.1 Å². The van der Waals surface area contributed by atoms with Crippen LogP contribution in [0.15, 0.2) is 200 Å². The van der Waals surface area contributed by atoms with E-state index in [9.17, 15) is 5.26 Å². The van der Waals surface area contributed by atoms with Crippen molar-refractivity contribution in [3.05, 3.63) is 217 Å². The van der Waals surface area contributed by atoms with Crippen LogP contribution in [0.2, 0.25) is 0 Å². The number of fused-ring (bicyclic) bond motifs is 24. The summed E-state index contributed by atoms with van der Waals surface area (Å²) in [5.41, 5.74) is 12.8. The van der Waals surface area contributed by atoms with Crippen molar-refractivity contribution in [2.24, 2.45) is 0 Å². The van der Waals surface area contributed by atoms with Crippen LogP contribution in [0.25, 0.3) is 159 Å². The third-order valence-corrected chi connectivity index (χ3v) is 14.5. The maximum Gasteiger partial charge on any atom is 2.00 e.